The topological polar surface area (TPSA) is 92.7 Å². The number of hydrogen-bond acceptors (Lipinski definition) is 4. The lowest BCUT2D eigenvalue weighted by Crippen LogP contribution is -2.41. The van der Waals surface area contributed by atoms with Crippen molar-refractivity contribution in [1.29, 1.82) is 0 Å². The van der Waals surface area contributed by atoms with E-state index < -0.39 is 22.0 Å². The summed E-state index contributed by atoms with van der Waals surface area (Å²) in [6.45, 7) is 8.72. The first-order valence-electron chi connectivity index (χ1n) is 6.63. The quantitative estimate of drug-likeness (QED) is 0.747. The molecule has 0 fully saturated rings. The maximum Gasteiger partial charge on any atom is 0.322 e. The van der Waals surface area contributed by atoms with E-state index in [-0.39, 0.29) is 17.1 Å². The number of carbonyl (C=O) groups is 1. The van der Waals surface area contributed by atoms with Crippen LogP contribution >= 0.6 is 0 Å². The van der Waals surface area contributed by atoms with Gasteiger partial charge in [0.15, 0.2) is 0 Å². The maximum absolute atomic E-state index is 12.6. The molecular weight excluding hydrogens is 306 g/mol. The molecule has 0 aliphatic carbocycles. The van der Waals surface area contributed by atoms with Crippen LogP contribution in [0.5, 0.6) is 5.75 Å². The predicted octanol–water partition coefficient (Wildman–Crippen LogP) is 2.01. The average molecular weight is 327 g/mol. The molecule has 2 N–H and O–H groups in total. The number of aryl methyl sites for hydroxylation is 2. The Balaban J connectivity index is 3.30. The molecular formula is C15H21NO5S. The van der Waals surface area contributed by atoms with Gasteiger partial charge in [-0.25, -0.2) is 8.42 Å². The first kappa shape index (κ1) is 18.2. The molecule has 0 aliphatic heterocycles. The van der Waals surface area contributed by atoms with Gasteiger partial charge in [0.2, 0.25) is 10.0 Å². The SMILES string of the molecule is C=C(C)CC(NS(=O)(=O)c1c(C)cc(C)cc1OC)C(=O)O. The summed E-state index contributed by atoms with van der Waals surface area (Å²) in [4.78, 5) is 11.2. The molecule has 6 nitrogen and oxygen atoms in total. The van der Waals surface area contributed by atoms with Gasteiger partial charge in [-0.15, -0.1) is 6.58 Å². The van der Waals surface area contributed by atoms with Crippen molar-refractivity contribution in [2.75, 3.05) is 7.11 Å². The van der Waals surface area contributed by atoms with Crippen molar-refractivity contribution in [3.8, 4) is 5.75 Å². The van der Waals surface area contributed by atoms with Gasteiger partial charge in [0, 0.05) is 0 Å². The van der Waals surface area contributed by atoms with Crippen molar-refractivity contribution >= 4 is 16.0 Å². The number of carboxylic acids is 1. The van der Waals surface area contributed by atoms with E-state index in [9.17, 15) is 18.3 Å². The van der Waals surface area contributed by atoms with Gasteiger partial charge in [-0.2, -0.15) is 4.72 Å². The van der Waals surface area contributed by atoms with E-state index in [0.29, 0.717) is 11.1 Å². The molecule has 0 saturated carbocycles. The third kappa shape index (κ3) is 4.32. The Bertz CT molecular complexity index is 694. The third-order valence-corrected chi connectivity index (χ3v) is 4.68. The summed E-state index contributed by atoms with van der Waals surface area (Å²) >= 11 is 0. The van der Waals surface area contributed by atoms with Crippen LogP contribution in [0.15, 0.2) is 29.2 Å². The van der Waals surface area contributed by atoms with Crippen molar-refractivity contribution < 1.29 is 23.1 Å². The molecule has 1 aromatic rings. The van der Waals surface area contributed by atoms with Crippen LogP contribution in [0.1, 0.15) is 24.5 Å². The van der Waals surface area contributed by atoms with Gasteiger partial charge < -0.3 is 9.84 Å². The molecule has 1 aromatic carbocycles. The highest BCUT2D eigenvalue weighted by Gasteiger charge is 2.29. The first-order chi connectivity index (χ1) is 10.1. The second-order valence-corrected chi connectivity index (χ2v) is 6.94. The molecule has 22 heavy (non-hydrogen) atoms. The predicted molar refractivity (Wildman–Crippen MR) is 83.6 cm³/mol. The number of aliphatic carboxylic acids is 1. The highest BCUT2D eigenvalue weighted by atomic mass is 32.2. The Kier molecular flexibility index (Phi) is 5.73. The molecule has 1 rings (SSSR count). The highest BCUT2D eigenvalue weighted by Crippen LogP contribution is 2.29. The molecule has 0 spiro atoms. The minimum absolute atomic E-state index is 0.0157. The van der Waals surface area contributed by atoms with Gasteiger partial charge in [-0.05, 0) is 44.4 Å². The fourth-order valence-corrected chi connectivity index (χ4v) is 3.75. The van der Waals surface area contributed by atoms with Crippen LogP contribution in [0, 0.1) is 13.8 Å². The fraction of sp³-hybridized carbons (Fsp3) is 0.400. The Hall–Kier alpha value is -1.86. The van der Waals surface area contributed by atoms with Crippen molar-refractivity contribution in [3.05, 3.63) is 35.4 Å². The zero-order valence-corrected chi connectivity index (χ0v) is 14.0. The van der Waals surface area contributed by atoms with Crippen LogP contribution in [0.3, 0.4) is 0 Å². The summed E-state index contributed by atoms with van der Waals surface area (Å²) in [5.74, 6) is -1.07. The molecule has 0 radical (unpaired) electrons. The van der Waals surface area contributed by atoms with Crippen LogP contribution in [-0.2, 0) is 14.8 Å². The lowest BCUT2D eigenvalue weighted by atomic mass is 10.1. The number of hydrogen-bond donors (Lipinski definition) is 2. The zero-order valence-electron chi connectivity index (χ0n) is 13.1. The van der Waals surface area contributed by atoms with Crippen molar-refractivity contribution in [3.63, 3.8) is 0 Å². The molecule has 0 aliphatic rings. The summed E-state index contributed by atoms with van der Waals surface area (Å²) in [7, 11) is -2.67. The van der Waals surface area contributed by atoms with Crippen LogP contribution in [-0.4, -0.2) is 32.6 Å². The number of nitrogens with one attached hydrogen (secondary N) is 1. The number of rotatable bonds is 7. The Morgan fingerprint density at radius 2 is 2.00 bits per heavy atom. The summed E-state index contributed by atoms with van der Waals surface area (Å²) < 4.78 is 32.5. The van der Waals surface area contributed by atoms with E-state index in [1.165, 1.54) is 7.11 Å². The van der Waals surface area contributed by atoms with E-state index >= 15 is 0 Å². The van der Waals surface area contributed by atoms with Gasteiger partial charge in [0.25, 0.3) is 0 Å². The summed E-state index contributed by atoms with van der Waals surface area (Å²) in [6, 6.07) is 2.02. The minimum atomic E-state index is -4.04. The largest absolute Gasteiger partial charge is 0.495 e. The van der Waals surface area contributed by atoms with E-state index in [1.54, 1.807) is 26.0 Å². The summed E-state index contributed by atoms with van der Waals surface area (Å²) in [6.07, 6.45) is 0.0157. The van der Waals surface area contributed by atoms with Gasteiger partial charge in [-0.1, -0.05) is 11.6 Å². The molecule has 0 saturated heterocycles. The van der Waals surface area contributed by atoms with Crippen molar-refractivity contribution in [2.45, 2.75) is 38.1 Å². The molecule has 1 unspecified atom stereocenters. The van der Waals surface area contributed by atoms with E-state index in [2.05, 4.69) is 11.3 Å². The third-order valence-electron chi connectivity index (χ3n) is 3.02. The second-order valence-electron chi connectivity index (χ2n) is 5.29. The monoisotopic (exact) mass is 327 g/mol. The second kappa shape index (κ2) is 6.93. The lowest BCUT2D eigenvalue weighted by Gasteiger charge is -2.18. The normalized spacial score (nSPS) is 12.7. The van der Waals surface area contributed by atoms with Gasteiger partial charge >= 0.3 is 5.97 Å². The lowest BCUT2D eigenvalue weighted by molar-refractivity contribution is -0.138. The first-order valence-corrected chi connectivity index (χ1v) is 8.11. The smallest absolute Gasteiger partial charge is 0.322 e. The molecule has 0 aromatic heterocycles. The average Bonchev–Trinajstić information content (AvgIpc) is 2.35. The Morgan fingerprint density at radius 1 is 1.41 bits per heavy atom. The number of methoxy groups -OCH3 is 1. The molecule has 0 heterocycles. The molecule has 0 bridgehead atoms. The summed E-state index contributed by atoms with van der Waals surface area (Å²) in [5.41, 5.74) is 1.91. The van der Waals surface area contributed by atoms with Crippen molar-refractivity contribution in [1.82, 2.24) is 4.72 Å². The molecule has 0 amide bonds. The summed E-state index contributed by atoms with van der Waals surface area (Å²) in [5, 5.41) is 9.17. The standard InChI is InChI=1S/C15H21NO5S/c1-9(2)6-12(15(17)18)16-22(19,20)14-11(4)7-10(3)8-13(14)21-5/h7-8,12,16H,1,6H2,2-5H3,(H,17,18). The van der Waals surface area contributed by atoms with Crippen molar-refractivity contribution in [2.24, 2.45) is 0 Å². The van der Waals surface area contributed by atoms with Crippen LogP contribution in [0.25, 0.3) is 0 Å². The molecule has 7 heteroatoms. The van der Waals surface area contributed by atoms with E-state index in [0.717, 1.165) is 5.56 Å². The van der Waals surface area contributed by atoms with E-state index in [1.807, 2.05) is 6.92 Å². The zero-order chi connectivity index (χ0) is 17.1. The molecule has 1 atom stereocenters. The van der Waals surface area contributed by atoms with Crippen LogP contribution in [0.4, 0.5) is 0 Å². The van der Waals surface area contributed by atoms with Gasteiger partial charge in [0.05, 0.1) is 7.11 Å². The van der Waals surface area contributed by atoms with Gasteiger partial charge in [0.1, 0.15) is 16.7 Å². The van der Waals surface area contributed by atoms with Crippen LogP contribution in [0.2, 0.25) is 0 Å². The fourth-order valence-electron chi connectivity index (χ4n) is 2.19. The Morgan fingerprint density at radius 3 is 2.45 bits per heavy atom. The number of benzene rings is 1. The number of ether oxygens (including phenoxy) is 1. The Labute approximate surface area is 130 Å². The van der Waals surface area contributed by atoms with E-state index in [4.69, 9.17) is 4.74 Å². The van der Waals surface area contributed by atoms with Gasteiger partial charge in [-0.3, -0.25) is 4.79 Å². The number of sulfonamides is 1. The minimum Gasteiger partial charge on any atom is -0.495 e. The number of carboxylic acid groups (broad SMARTS) is 1. The van der Waals surface area contributed by atoms with Crippen LogP contribution < -0.4 is 9.46 Å². The molecule has 122 valence electrons. The highest BCUT2D eigenvalue weighted by molar-refractivity contribution is 7.89. The maximum atomic E-state index is 12.6.